The van der Waals surface area contributed by atoms with Crippen LogP contribution in [0.25, 0.3) is 0 Å². The Morgan fingerprint density at radius 3 is 2.89 bits per heavy atom. The van der Waals surface area contributed by atoms with Crippen LogP contribution in [0.5, 0.6) is 5.75 Å². The van der Waals surface area contributed by atoms with Gasteiger partial charge in [-0.15, -0.1) is 4.40 Å². The summed E-state index contributed by atoms with van der Waals surface area (Å²) in [4.78, 5) is 0. The predicted molar refractivity (Wildman–Crippen MR) is 72.6 cm³/mol. The average Bonchev–Trinajstić information content (AvgIpc) is 3.11. The maximum absolute atomic E-state index is 11.5. The second-order valence-electron chi connectivity index (χ2n) is 5.07. The van der Waals surface area contributed by atoms with Crippen molar-refractivity contribution in [3.63, 3.8) is 0 Å². The van der Waals surface area contributed by atoms with E-state index in [2.05, 4.69) is 4.40 Å². The molecule has 0 aromatic heterocycles. The summed E-state index contributed by atoms with van der Waals surface area (Å²) in [6.07, 6.45) is 3.62. The molecule has 1 aromatic carbocycles. The molecule has 0 spiro atoms. The number of ether oxygens (including phenoxy) is 1. The molecule has 0 radical (unpaired) electrons. The first-order valence-corrected chi connectivity index (χ1v) is 7.99. The van der Waals surface area contributed by atoms with E-state index in [0.29, 0.717) is 23.5 Å². The van der Waals surface area contributed by atoms with Crippen LogP contribution in [-0.2, 0) is 15.8 Å². The number of nitrogens with two attached hydrogens (primary N) is 1. The van der Waals surface area contributed by atoms with Crippen LogP contribution in [0, 0.1) is 5.92 Å². The zero-order chi connectivity index (χ0) is 13.5. The fraction of sp³-hybridized carbons (Fsp3) is 0.462. The maximum atomic E-state index is 11.5. The highest BCUT2D eigenvalue weighted by Crippen LogP contribution is 2.33. The number of fused-ring (bicyclic) bond motifs is 1. The van der Waals surface area contributed by atoms with Crippen molar-refractivity contribution in [3.05, 3.63) is 29.3 Å². The van der Waals surface area contributed by atoms with Gasteiger partial charge in [0, 0.05) is 0 Å². The van der Waals surface area contributed by atoms with Crippen LogP contribution in [0.1, 0.15) is 30.4 Å². The summed E-state index contributed by atoms with van der Waals surface area (Å²) in [5, 5.41) is 0. The Bertz CT molecular complexity index is 633. The Morgan fingerprint density at radius 1 is 1.37 bits per heavy atom. The lowest BCUT2D eigenvalue weighted by Crippen LogP contribution is -2.24. The summed E-state index contributed by atoms with van der Waals surface area (Å²) >= 11 is 0. The molecule has 19 heavy (non-hydrogen) atoms. The second-order valence-corrected chi connectivity index (χ2v) is 6.71. The van der Waals surface area contributed by atoms with Gasteiger partial charge >= 0.3 is 0 Å². The molecule has 5 nitrogen and oxygen atoms in total. The first-order valence-electron chi connectivity index (χ1n) is 6.38. The molecule has 3 rings (SSSR count). The summed E-state index contributed by atoms with van der Waals surface area (Å²) in [5.41, 5.74) is 7.05. The van der Waals surface area contributed by atoms with Gasteiger partial charge in [-0.2, -0.15) is 0 Å². The Kier molecular flexibility index (Phi) is 2.97. The lowest BCUT2D eigenvalue weighted by atomic mass is 10.1. The van der Waals surface area contributed by atoms with Gasteiger partial charge in [-0.1, -0.05) is 25.0 Å². The van der Waals surface area contributed by atoms with Crippen molar-refractivity contribution < 1.29 is 13.2 Å². The van der Waals surface area contributed by atoms with E-state index in [4.69, 9.17) is 10.5 Å². The van der Waals surface area contributed by atoms with Crippen LogP contribution in [-0.4, -0.2) is 20.9 Å². The third-order valence-corrected chi connectivity index (χ3v) is 4.58. The molecule has 0 amide bonds. The molecule has 1 heterocycles. The first kappa shape index (κ1) is 12.5. The minimum Gasteiger partial charge on any atom is -0.493 e. The Morgan fingerprint density at radius 2 is 2.16 bits per heavy atom. The molecule has 0 atom stereocenters. The fourth-order valence-corrected chi connectivity index (χ4v) is 3.36. The predicted octanol–water partition coefficient (Wildman–Crippen LogP) is 1.41. The van der Waals surface area contributed by atoms with Crippen LogP contribution >= 0.6 is 0 Å². The quantitative estimate of drug-likeness (QED) is 0.904. The summed E-state index contributed by atoms with van der Waals surface area (Å²) in [5.74, 6) is 1.35. The number of amidine groups is 1. The maximum Gasteiger partial charge on any atom is 0.259 e. The SMILES string of the molecule is NC1=NS(=O)(=O)Cc2cccc(OCCC3CC3)c21. The molecule has 0 bridgehead atoms. The average molecular weight is 280 g/mol. The van der Waals surface area contributed by atoms with Gasteiger partial charge in [-0.3, -0.25) is 0 Å². The van der Waals surface area contributed by atoms with Gasteiger partial charge in [0.05, 0.1) is 17.9 Å². The van der Waals surface area contributed by atoms with Gasteiger partial charge in [-0.05, 0) is 24.0 Å². The molecule has 2 aliphatic rings. The summed E-state index contributed by atoms with van der Waals surface area (Å²) in [6.45, 7) is 0.640. The van der Waals surface area contributed by atoms with Gasteiger partial charge in [0.1, 0.15) is 11.6 Å². The van der Waals surface area contributed by atoms with Gasteiger partial charge in [0.2, 0.25) is 0 Å². The number of benzene rings is 1. The smallest absolute Gasteiger partial charge is 0.259 e. The highest BCUT2D eigenvalue weighted by atomic mass is 32.2. The van der Waals surface area contributed by atoms with Crippen molar-refractivity contribution in [1.29, 1.82) is 0 Å². The number of sulfonamides is 1. The highest BCUT2D eigenvalue weighted by Gasteiger charge is 2.25. The second kappa shape index (κ2) is 4.52. The van der Waals surface area contributed by atoms with Crippen LogP contribution in [0.15, 0.2) is 22.6 Å². The minimum absolute atomic E-state index is 0.0308. The number of rotatable bonds is 4. The van der Waals surface area contributed by atoms with Crippen LogP contribution < -0.4 is 10.5 Å². The molecule has 102 valence electrons. The van der Waals surface area contributed by atoms with Crippen molar-refractivity contribution in [2.24, 2.45) is 16.0 Å². The van der Waals surface area contributed by atoms with Gasteiger partial charge in [0.15, 0.2) is 0 Å². The van der Waals surface area contributed by atoms with Crippen LogP contribution in [0.3, 0.4) is 0 Å². The lowest BCUT2D eigenvalue weighted by Gasteiger charge is -2.18. The third kappa shape index (κ3) is 2.73. The van der Waals surface area contributed by atoms with Crippen molar-refractivity contribution in [3.8, 4) is 5.75 Å². The van der Waals surface area contributed by atoms with Gasteiger partial charge in [-0.25, -0.2) is 8.42 Å². The Hall–Kier alpha value is -1.56. The molecular weight excluding hydrogens is 264 g/mol. The monoisotopic (exact) mass is 280 g/mol. The third-order valence-electron chi connectivity index (χ3n) is 3.42. The zero-order valence-corrected chi connectivity index (χ0v) is 11.3. The standard InChI is InChI=1S/C13H16N2O3S/c14-13-12-10(8-19(16,17)15-13)2-1-3-11(12)18-7-6-9-4-5-9/h1-3,9H,4-8H2,(H2,14,15). The van der Waals surface area contributed by atoms with Crippen molar-refractivity contribution in [1.82, 2.24) is 0 Å². The van der Waals surface area contributed by atoms with E-state index in [9.17, 15) is 8.42 Å². The van der Waals surface area contributed by atoms with E-state index >= 15 is 0 Å². The molecule has 6 heteroatoms. The van der Waals surface area contributed by atoms with E-state index < -0.39 is 10.0 Å². The van der Waals surface area contributed by atoms with E-state index in [1.54, 1.807) is 12.1 Å². The fourth-order valence-electron chi connectivity index (χ4n) is 2.27. The topological polar surface area (TPSA) is 81.8 Å². The number of nitrogens with zero attached hydrogens (tertiary/aromatic N) is 1. The molecule has 1 aliphatic carbocycles. The largest absolute Gasteiger partial charge is 0.493 e. The highest BCUT2D eigenvalue weighted by molar-refractivity contribution is 7.89. The van der Waals surface area contributed by atoms with Crippen molar-refractivity contribution in [2.45, 2.75) is 25.0 Å². The van der Waals surface area contributed by atoms with Crippen molar-refractivity contribution >= 4 is 15.9 Å². The molecule has 2 N–H and O–H groups in total. The van der Waals surface area contributed by atoms with Crippen molar-refractivity contribution in [2.75, 3.05) is 6.61 Å². The zero-order valence-electron chi connectivity index (χ0n) is 10.5. The molecule has 0 unspecified atom stereocenters. The first-order chi connectivity index (χ1) is 9.05. The van der Waals surface area contributed by atoms with Gasteiger partial charge < -0.3 is 10.5 Å². The van der Waals surface area contributed by atoms with E-state index in [-0.39, 0.29) is 11.6 Å². The lowest BCUT2D eigenvalue weighted by molar-refractivity contribution is 0.301. The van der Waals surface area contributed by atoms with Gasteiger partial charge in [0.25, 0.3) is 10.0 Å². The summed E-state index contributed by atoms with van der Waals surface area (Å²) < 4.78 is 32.4. The molecule has 1 saturated carbocycles. The number of hydrogen-bond donors (Lipinski definition) is 1. The molecule has 0 saturated heterocycles. The van der Waals surface area contributed by atoms with E-state index in [0.717, 1.165) is 12.3 Å². The summed E-state index contributed by atoms with van der Waals surface area (Å²) in [6, 6.07) is 5.35. The van der Waals surface area contributed by atoms with Crippen LogP contribution in [0.2, 0.25) is 0 Å². The molecule has 1 fully saturated rings. The van der Waals surface area contributed by atoms with E-state index in [1.807, 2.05) is 6.07 Å². The molecule has 1 aliphatic heterocycles. The van der Waals surface area contributed by atoms with Crippen LogP contribution in [0.4, 0.5) is 0 Å². The normalized spacial score (nSPS) is 20.5. The number of hydrogen-bond acceptors (Lipinski definition) is 4. The Labute approximate surface area is 112 Å². The van der Waals surface area contributed by atoms with E-state index in [1.165, 1.54) is 12.8 Å². The molecular formula is C13H16N2O3S. The minimum atomic E-state index is -3.48. The Balaban J connectivity index is 1.86. The molecule has 1 aromatic rings. The summed E-state index contributed by atoms with van der Waals surface area (Å²) in [7, 11) is -3.48.